The van der Waals surface area contributed by atoms with Crippen LogP contribution in [0.1, 0.15) is 24.5 Å². The van der Waals surface area contributed by atoms with Crippen LogP contribution < -0.4 is 4.74 Å². The van der Waals surface area contributed by atoms with Gasteiger partial charge in [0, 0.05) is 0 Å². The van der Waals surface area contributed by atoms with Gasteiger partial charge in [-0.15, -0.1) is 0 Å². The van der Waals surface area contributed by atoms with Crippen LogP contribution in [0.5, 0.6) is 11.5 Å². The minimum Gasteiger partial charge on any atom is -0.508 e. The molecule has 0 aliphatic heterocycles. The molecule has 0 aromatic heterocycles. The van der Waals surface area contributed by atoms with Crippen molar-refractivity contribution in [3.8, 4) is 11.5 Å². The summed E-state index contributed by atoms with van der Waals surface area (Å²) in [5.74, 6) is -0.314. The van der Waals surface area contributed by atoms with Gasteiger partial charge in [-0.2, -0.15) is 0 Å². The number of hydrogen-bond acceptors (Lipinski definition) is 3. The Morgan fingerprint density at radius 2 is 1.95 bits per heavy atom. The van der Waals surface area contributed by atoms with E-state index in [1.165, 1.54) is 12.1 Å². The van der Waals surface area contributed by atoms with Gasteiger partial charge in [-0.1, -0.05) is 31.2 Å². The van der Waals surface area contributed by atoms with Gasteiger partial charge < -0.3 is 14.9 Å². The highest BCUT2D eigenvalue weighted by Crippen LogP contribution is 2.23. The molecule has 0 amide bonds. The van der Waals surface area contributed by atoms with Gasteiger partial charge in [-0.3, -0.25) is 0 Å². The molecule has 2 aromatic rings. The maximum Gasteiger partial charge on any atom is 0.336 e. The van der Waals surface area contributed by atoms with E-state index in [1.807, 2.05) is 25.1 Å². The molecule has 22 heavy (non-hydrogen) atoms. The first kappa shape index (κ1) is 15.6. The summed E-state index contributed by atoms with van der Waals surface area (Å²) in [5, 5.41) is 18.9. The van der Waals surface area contributed by atoms with Crippen LogP contribution in [-0.4, -0.2) is 22.8 Å². The molecule has 2 N–H and O–H groups in total. The summed E-state index contributed by atoms with van der Waals surface area (Å²) in [6, 6.07) is 13.4. The Bertz CT molecular complexity index is 689. The average molecular weight is 298 g/mol. The van der Waals surface area contributed by atoms with Crippen LogP contribution in [-0.2, 0) is 4.79 Å². The molecule has 0 saturated carbocycles. The number of carboxylic acid groups (broad SMARTS) is 1. The molecule has 0 aliphatic rings. The summed E-state index contributed by atoms with van der Waals surface area (Å²) < 4.78 is 5.55. The molecular formula is C18H18O4. The standard InChI is InChI=1S/C18H18O4/c1-2-9-22-16-8-3-5-13(10-16)11-17(18(20)21)14-6-4-7-15(19)12-14/h3-8,10-12,19H,2,9H2,1H3,(H,20,21)/b17-11-. The van der Waals surface area contributed by atoms with E-state index in [1.54, 1.807) is 24.3 Å². The van der Waals surface area contributed by atoms with Crippen LogP contribution in [0.15, 0.2) is 48.5 Å². The summed E-state index contributed by atoms with van der Waals surface area (Å²) in [4.78, 5) is 11.5. The summed E-state index contributed by atoms with van der Waals surface area (Å²) in [6.07, 6.45) is 2.47. The topological polar surface area (TPSA) is 66.8 Å². The van der Waals surface area contributed by atoms with Gasteiger partial charge in [0.2, 0.25) is 0 Å². The van der Waals surface area contributed by atoms with Gasteiger partial charge >= 0.3 is 5.97 Å². The predicted molar refractivity (Wildman–Crippen MR) is 85.8 cm³/mol. The first-order valence-corrected chi connectivity index (χ1v) is 7.07. The van der Waals surface area contributed by atoms with Crippen molar-refractivity contribution >= 4 is 17.6 Å². The number of aliphatic carboxylic acids is 1. The van der Waals surface area contributed by atoms with Gasteiger partial charge in [-0.05, 0) is 47.9 Å². The highest BCUT2D eigenvalue weighted by atomic mass is 16.5. The first-order chi connectivity index (χ1) is 10.6. The maximum atomic E-state index is 11.5. The SMILES string of the molecule is CCCOc1cccc(/C=C(\C(=O)O)c2cccc(O)c2)c1. The van der Waals surface area contributed by atoms with E-state index in [0.717, 1.165) is 12.0 Å². The zero-order valence-electron chi connectivity index (χ0n) is 12.3. The van der Waals surface area contributed by atoms with Crippen molar-refractivity contribution in [3.05, 3.63) is 59.7 Å². The predicted octanol–water partition coefficient (Wildman–Crippen LogP) is 3.81. The molecule has 2 rings (SSSR count). The fraction of sp³-hybridized carbons (Fsp3) is 0.167. The van der Waals surface area contributed by atoms with Crippen molar-refractivity contribution in [2.24, 2.45) is 0 Å². The van der Waals surface area contributed by atoms with Crippen molar-refractivity contribution in [2.45, 2.75) is 13.3 Å². The smallest absolute Gasteiger partial charge is 0.336 e. The maximum absolute atomic E-state index is 11.5. The lowest BCUT2D eigenvalue weighted by Gasteiger charge is -2.07. The molecule has 4 heteroatoms. The fourth-order valence-electron chi connectivity index (χ4n) is 2.02. The van der Waals surface area contributed by atoms with Crippen molar-refractivity contribution in [3.63, 3.8) is 0 Å². The van der Waals surface area contributed by atoms with E-state index in [0.29, 0.717) is 17.9 Å². The quantitative estimate of drug-likeness (QED) is 0.628. The molecule has 4 nitrogen and oxygen atoms in total. The lowest BCUT2D eigenvalue weighted by atomic mass is 10.0. The Morgan fingerprint density at radius 1 is 1.18 bits per heavy atom. The molecule has 0 heterocycles. The molecule has 114 valence electrons. The minimum absolute atomic E-state index is 0.0321. The van der Waals surface area contributed by atoms with E-state index in [2.05, 4.69) is 0 Å². The summed E-state index contributed by atoms with van der Waals surface area (Å²) in [5.41, 5.74) is 1.30. The number of phenolic OH excluding ortho intramolecular Hbond substituents is 1. The van der Waals surface area contributed by atoms with Crippen molar-refractivity contribution < 1.29 is 19.7 Å². The minimum atomic E-state index is -1.05. The highest BCUT2D eigenvalue weighted by molar-refractivity contribution is 6.20. The second kappa shape index (κ2) is 7.31. The zero-order valence-corrected chi connectivity index (χ0v) is 12.3. The number of carboxylic acids is 1. The molecule has 0 fully saturated rings. The third-order valence-corrected chi connectivity index (χ3v) is 3.03. The molecule has 0 aliphatic carbocycles. The number of benzene rings is 2. The monoisotopic (exact) mass is 298 g/mol. The molecule has 0 atom stereocenters. The average Bonchev–Trinajstić information content (AvgIpc) is 2.50. The van der Waals surface area contributed by atoms with Gasteiger partial charge in [-0.25, -0.2) is 4.79 Å². The fourth-order valence-corrected chi connectivity index (χ4v) is 2.02. The number of carbonyl (C=O) groups is 1. The van der Waals surface area contributed by atoms with Crippen LogP contribution in [0.25, 0.3) is 11.6 Å². The molecule has 0 unspecified atom stereocenters. The van der Waals surface area contributed by atoms with E-state index < -0.39 is 5.97 Å². The second-order valence-electron chi connectivity index (χ2n) is 4.83. The van der Waals surface area contributed by atoms with E-state index in [-0.39, 0.29) is 11.3 Å². The van der Waals surface area contributed by atoms with Gasteiger partial charge in [0.05, 0.1) is 12.2 Å². The lowest BCUT2D eigenvalue weighted by Crippen LogP contribution is -2.00. The normalized spacial score (nSPS) is 11.2. The second-order valence-corrected chi connectivity index (χ2v) is 4.83. The number of phenols is 1. The number of rotatable bonds is 6. The Kier molecular flexibility index (Phi) is 5.20. The third-order valence-electron chi connectivity index (χ3n) is 3.03. The van der Waals surface area contributed by atoms with Crippen LogP contribution in [0.4, 0.5) is 0 Å². The Hall–Kier alpha value is -2.75. The van der Waals surface area contributed by atoms with Gasteiger partial charge in [0.1, 0.15) is 11.5 Å². The van der Waals surface area contributed by atoms with Crippen molar-refractivity contribution in [1.29, 1.82) is 0 Å². The van der Waals surface area contributed by atoms with Crippen LogP contribution in [0.2, 0.25) is 0 Å². The van der Waals surface area contributed by atoms with Crippen LogP contribution >= 0.6 is 0 Å². The molecule has 0 saturated heterocycles. The number of ether oxygens (including phenoxy) is 1. The van der Waals surface area contributed by atoms with E-state index in [9.17, 15) is 15.0 Å². The molecule has 0 spiro atoms. The van der Waals surface area contributed by atoms with Gasteiger partial charge in [0.15, 0.2) is 0 Å². The van der Waals surface area contributed by atoms with Crippen molar-refractivity contribution in [1.82, 2.24) is 0 Å². The number of hydrogen-bond donors (Lipinski definition) is 2. The highest BCUT2D eigenvalue weighted by Gasteiger charge is 2.11. The summed E-state index contributed by atoms with van der Waals surface area (Å²) in [6.45, 7) is 2.64. The van der Waals surface area contributed by atoms with Crippen LogP contribution in [0, 0.1) is 0 Å². The molecule has 0 radical (unpaired) electrons. The molecular weight excluding hydrogens is 280 g/mol. The number of aromatic hydroxyl groups is 1. The zero-order chi connectivity index (χ0) is 15.9. The van der Waals surface area contributed by atoms with Gasteiger partial charge in [0.25, 0.3) is 0 Å². The Labute approximate surface area is 129 Å². The molecule has 0 bridgehead atoms. The lowest BCUT2D eigenvalue weighted by molar-refractivity contribution is -0.130. The third kappa shape index (κ3) is 4.12. The first-order valence-electron chi connectivity index (χ1n) is 7.07. The van der Waals surface area contributed by atoms with E-state index >= 15 is 0 Å². The Morgan fingerprint density at radius 3 is 2.64 bits per heavy atom. The van der Waals surface area contributed by atoms with E-state index in [4.69, 9.17) is 4.74 Å². The largest absolute Gasteiger partial charge is 0.508 e. The van der Waals surface area contributed by atoms with Crippen LogP contribution in [0.3, 0.4) is 0 Å². The molecule has 2 aromatic carbocycles. The van der Waals surface area contributed by atoms with Crippen molar-refractivity contribution in [2.75, 3.05) is 6.61 Å². The summed E-state index contributed by atoms with van der Waals surface area (Å²) >= 11 is 0. The summed E-state index contributed by atoms with van der Waals surface area (Å²) in [7, 11) is 0. The Balaban J connectivity index is 2.36.